The van der Waals surface area contributed by atoms with Crippen molar-refractivity contribution in [3.05, 3.63) is 97.2 Å². The van der Waals surface area contributed by atoms with E-state index in [1.807, 2.05) is 6.92 Å². The molecular formula is C54H89NO13. The van der Waals surface area contributed by atoms with E-state index in [2.05, 4.69) is 97.3 Å². The van der Waals surface area contributed by atoms with Crippen LogP contribution in [0.3, 0.4) is 0 Å². The summed E-state index contributed by atoms with van der Waals surface area (Å²) in [5.74, 6) is -0.265. The second-order valence-electron chi connectivity index (χ2n) is 17.6. The third-order valence-electron chi connectivity index (χ3n) is 11.8. The average molecular weight is 960 g/mol. The summed E-state index contributed by atoms with van der Waals surface area (Å²) in [4.78, 5) is 13.0. The number of carbonyl (C=O) groups excluding carboxylic acids is 1. The predicted octanol–water partition coefficient (Wildman–Crippen LogP) is 6.76. The van der Waals surface area contributed by atoms with Gasteiger partial charge in [-0.15, -0.1) is 0 Å². The van der Waals surface area contributed by atoms with Gasteiger partial charge in [-0.05, 0) is 70.6 Å². The highest BCUT2D eigenvalue weighted by Crippen LogP contribution is 2.30. The summed E-state index contributed by atoms with van der Waals surface area (Å²) in [5, 5.41) is 85.8. The quantitative estimate of drug-likeness (QED) is 0.0232. The van der Waals surface area contributed by atoms with E-state index in [1.165, 1.54) is 32.1 Å². The van der Waals surface area contributed by atoms with Gasteiger partial charge < -0.3 is 65.1 Å². The molecule has 0 aromatic heterocycles. The van der Waals surface area contributed by atoms with Crippen LogP contribution >= 0.6 is 0 Å². The molecule has 14 nitrogen and oxygen atoms in total. The molecule has 0 saturated carbocycles. The van der Waals surface area contributed by atoms with Gasteiger partial charge in [0.2, 0.25) is 5.91 Å². The van der Waals surface area contributed by atoms with E-state index in [-0.39, 0.29) is 18.9 Å². The number of allylic oxidation sites excluding steroid dienone is 15. The third-order valence-corrected chi connectivity index (χ3v) is 11.8. The lowest BCUT2D eigenvalue weighted by Crippen LogP contribution is -2.65. The molecular weight excluding hydrogens is 871 g/mol. The van der Waals surface area contributed by atoms with Gasteiger partial charge in [-0.1, -0.05) is 162 Å². The van der Waals surface area contributed by atoms with Gasteiger partial charge in [0, 0.05) is 6.42 Å². The number of nitrogens with one attached hydrogen (secondary N) is 1. The number of ether oxygens (including phenoxy) is 4. The summed E-state index contributed by atoms with van der Waals surface area (Å²) in [7, 11) is 0. The first-order valence-electron chi connectivity index (χ1n) is 25.5. The van der Waals surface area contributed by atoms with E-state index < -0.39 is 86.8 Å². The van der Waals surface area contributed by atoms with Crippen LogP contribution in [0, 0.1) is 0 Å². The van der Waals surface area contributed by atoms with Crippen LogP contribution in [0.2, 0.25) is 0 Å². The van der Waals surface area contributed by atoms with Crippen molar-refractivity contribution < 1.29 is 64.6 Å². The molecule has 388 valence electrons. The standard InChI is InChI=1S/C54H89NO13/c1-3-5-7-8-9-10-11-12-13-14-15-16-17-18-19-20-21-22-23-24-25-26-27-28-29-30-31-32-33-34-36-38-46(59)55-42(43(58)37-35-6-4-2)41-65-53-51(64)49(62)52(45(40-57)67-53)68-54-50(63)48(61)47(60)44(39-56)66-54/h5,7,9-10,12-13,15-16,18-19,21-22,24-25,35,37,42-45,47-54,56-58,60-64H,3-4,6,8,11,14,17,20,23,26-34,36,38-41H2,1-2H3,(H,55,59)/b7-5-,10-9-,13-12-,16-15-,19-18-,22-21-,25-24-,37-35+. The molecule has 2 aliphatic rings. The predicted molar refractivity (Wildman–Crippen MR) is 267 cm³/mol. The molecule has 2 aliphatic heterocycles. The number of aliphatic hydroxyl groups excluding tert-OH is 8. The van der Waals surface area contributed by atoms with Crippen molar-refractivity contribution in [1.82, 2.24) is 5.32 Å². The number of unbranched alkanes of at least 4 members (excludes halogenated alkanes) is 10. The Hall–Kier alpha value is -3.09. The number of rotatable bonds is 37. The van der Waals surface area contributed by atoms with E-state index in [4.69, 9.17) is 18.9 Å². The summed E-state index contributed by atoms with van der Waals surface area (Å²) < 4.78 is 22.4. The van der Waals surface area contributed by atoms with Crippen LogP contribution in [-0.2, 0) is 23.7 Å². The van der Waals surface area contributed by atoms with Crippen molar-refractivity contribution >= 4 is 5.91 Å². The van der Waals surface area contributed by atoms with Gasteiger partial charge in [-0.2, -0.15) is 0 Å². The van der Waals surface area contributed by atoms with Crippen LogP contribution in [0.15, 0.2) is 97.2 Å². The monoisotopic (exact) mass is 960 g/mol. The summed E-state index contributed by atoms with van der Waals surface area (Å²) in [6.45, 7) is 2.41. The zero-order valence-electron chi connectivity index (χ0n) is 41.0. The van der Waals surface area contributed by atoms with Crippen molar-refractivity contribution in [2.45, 2.75) is 216 Å². The highest BCUT2D eigenvalue weighted by molar-refractivity contribution is 5.76. The molecule has 0 radical (unpaired) electrons. The molecule has 9 N–H and O–H groups in total. The minimum atomic E-state index is -1.79. The Bertz CT molecular complexity index is 1510. The number of hydrogen-bond donors (Lipinski definition) is 9. The minimum absolute atomic E-state index is 0.264. The third kappa shape index (κ3) is 26.2. The molecule has 12 unspecified atom stereocenters. The van der Waals surface area contributed by atoms with Crippen molar-refractivity contribution in [2.24, 2.45) is 0 Å². The van der Waals surface area contributed by atoms with Gasteiger partial charge in [0.25, 0.3) is 0 Å². The largest absolute Gasteiger partial charge is 0.394 e. The maximum atomic E-state index is 13.0. The molecule has 12 atom stereocenters. The fourth-order valence-corrected chi connectivity index (χ4v) is 7.63. The maximum absolute atomic E-state index is 13.0. The number of aliphatic hydroxyl groups is 8. The maximum Gasteiger partial charge on any atom is 0.220 e. The molecule has 0 aromatic rings. The van der Waals surface area contributed by atoms with E-state index in [0.717, 1.165) is 77.0 Å². The summed E-state index contributed by atoms with van der Waals surface area (Å²) in [5.41, 5.74) is 0. The molecule has 68 heavy (non-hydrogen) atoms. The Morgan fingerprint density at radius 2 is 1.01 bits per heavy atom. The van der Waals surface area contributed by atoms with Crippen molar-refractivity contribution in [1.29, 1.82) is 0 Å². The molecule has 1 amide bonds. The number of amides is 1. The van der Waals surface area contributed by atoms with Crippen LogP contribution in [0.5, 0.6) is 0 Å². The van der Waals surface area contributed by atoms with Crippen LogP contribution in [-0.4, -0.2) is 140 Å². The van der Waals surface area contributed by atoms with Crippen LogP contribution in [0.25, 0.3) is 0 Å². The molecule has 0 spiro atoms. The number of carbonyl (C=O) groups is 1. The topological polar surface area (TPSA) is 228 Å². The van der Waals surface area contributed by atoms with E-state index in [9.17, 15) is 45.6 Å². The normalized spacial score (nSPS) is 27.2. The van der Waals surface area contributed by atoms with Gasteiger partial charge in [0.1, 0.15) is 48.8 Å². The SMILES string of the molecule is CC/C=C\C/C=C\C/C=C\C/C=C\C/C=C\C/C=C\C/C=C\CCCCCCCCCCCC(=O)NC(COC1OC(CO)C(OC2OC(CO)C(O)C(O)C2O)C(O)C1O)C(O)/C=C/CCC. The molecule has 2 fully saturated rings. The van der Waals surface area contributed by atoms with Crippen molar-refractivity contribution in [3.63, 3.8) is 0 Å². The van der Waals surface area contributed by atoms with Crippen molar-refractivity contribution in [2.75, 3.05) is 19.8 Å². The fourth-order valence-electron chi connectivity index (χ4n) is 7.63. The first-order valence-corrected chi connectivity index (χ1v) is 25.5. The Morgan fingerprint density at radius 3 is 1.53 bits per heavy atom. The van der Waals surface area contributed by atoms with E-state index >= 15 is 0 Å². The Morgan fingerprint density at radius 1 is 0.544 bits per heavy atom. The second-order valence-corrected chi connectivity index (χ2v) is 17.6. The first-order chi connectivity index (χ1) is 33.1. The molecule has 14 heteroatoms. The van der Waals surface area contributed by atoms with Crippen LogP contribution < -0.4 is 5.32 Å². The highest BCUT2D eigenvalue weighted by Gasteiger charge is 2.51. The Balaban J connectivity index is 1.59. The fraction of sp³-hybridized carbons (Fsp3) is 0.685. The lowest BCUT2D eigenvalue weighted by atomic mass is 9.97. The van der Waals surface area contributed by atoms with E-state index in [1.54, 1.807) is 12.2 Å². The summed E-state index contributed by atoms with van der Waals surface area (Å²) >= 11 is 0. The van der Waals surface area contributed by atoms with Gasteiger partial charge in [-0.3, -0.25) is 4.79 Å². The molecule has 0 bridgehead atoms. The van der Waals surface area contributed by atoms with Crippen molar-refractivity contribution in [3.8, 4) is 0 Å². The average Bonchev–Trinajstić information content (AvgIpc) is 3.33. The molecule has 0 aromatic carbocycles. The van der Waals surface area contributed by atoms with Gasteiger partial charge in [0.15, 0.2) is 12.6 Å². The minimum Gasteiger partial charge on any atom is -0.394 e. The first kappa shape index (κ1) is 61.0. The van der Waals surface area contributed by atoms with Crippen LogP contribution in [0.4, 0.5) is 0 Å². The Labute approximate surface area is 407 Å². The summed E-state index contributed by atoms with van der Waals surface area (Å²) in [6, 6.07) is -0.919. The lowest BCUT2D eigenvalue weighted by Gasteiger charge is -2.46. The van der Waals surface area contributed by atoms with Gasteiger partial charge in [0.05, 0.1) is 32.0 Å². The molecule has 2 saturated heterocycles. The zero-order chi connectivity index (χ0) is 49.6. The van der Waals surface area contributed by atoms with Gasteiger partial charge >= 0.3 is 0 Å². The highest BCUT2D eigenvalue weighted by atomic mass is 16.7. The molecule has 2 rings (SSSR count). The zero-order valence-corrected chi connectivity index (χ0v) is 41.0. The molecule has 0 aliphatic carbocycles. The van der Waals surface area contributed by atoms with Crippen LogP contribution in [0.1, 0.15) is 142 Å². The summed E-state index contributed by atoms with van der Waals surface area (Å²) in [6.07, 6.45) is 37.2. The molecule has 2 heterocycles. The second kappa shape index (κ2) is 39.6. The smallest absolute Gasteiger partial charge is 0.220 e. The van der Waals surface area contributed by atoms with Gasteiger partial charge in [-0.25, -0.2) is 0 Å². The lowest BCUT2D eigenvalue weighted by molar-refractivity contribution is -0.359. The Kier molecular flexibility index (Phi) is 35.6. The number of hydrogen-bond acceptors (Lipinski definition) is 13. The van der Waals surface area contributed by atoms with E-state index in [0.29, 0.717) is 12.8 Å².